The molecule has 114 valence electrons. The van der Waals surface area contributed by atoms with E-state index >= 15 is 0 Å². The maximum atomic E-state index is 12.4. The highest BCUT2D eigenvalue weighted by Crippen LogP contribution is 2.21. The highest BCUT2D eigenvalue weighted by molar-refractivity contribution is 9.10. The minimum atomic E-state index is -0.103. The van der Waals surface area contributed by atoms with E-state index in [0.717, 1.165) is 34.8 Å². The molecule has 0 bridgehead atoms. The third-order valence-corrected chi connectivity index (χ3v) is 4.19. The van der Waals surface area contributed by atoms with Gasteiger partial charge in [0, 0.05) is 21.9 Å². The van der Waals surface area contributed by atoms with Crippen LogP contribution in [0.5, 0.6) is 0 Å². The van der Waals surface area contributed by atoms with Crippen LogP contribution in [0.15, 0.2) is 22.7 Å². The molecule has 0 aliphatic carbocycles. The van der Waals surface area contributed by atoms with Crippen LogP contribution in [0.25, 0.3) is 10.9 Å². The number of rotatable bonds is 2. The van der Waals surface area contributed by atoms with Crippen molar-refractivity contribution >= 4 is 45.1 Å². The minimum absolute atomic E-state index is 0. The lowest BCUT2D eigenvalue weighted by molar-refractivity contribution is 0.0922. The van der Waals surface area contributed by atoms with E-state index in [1.165, 1.54) is 0 Å². The lowest BCUT2D eigenvalue weighted by atomic mass is 10.0. The molecule has 21 heavy (non-hydrogen) atoms. The summed E-state index contributed by atoms with van der Waals surface area (Å²) in [5.41, 5.74) is 1.34. The van der Waals surface area contributed by atoms with Gasteiger partial charge >= 0.3 is 0 Å². The van der Waals surface area contributed by atoms with E-state index in [1.807, 2.05) is 18.2 Å². The highest BCUT2D eigenvalue weighted by Gasteiger charge is 2.22. The van der Waals surface area contributed by atoms with Gasteiger partial charge in [-0.1, -0.05) is 15.9 Å². The first kappa shape index (κ1) is 16.3. The molecule has 0 radical (unpaired) electrons. The zero-order valence-corrected chi connectivity index (χ0v) is 14.1. The monoisotopic (exact) mass is 372 g/mol. The summed E-state index contributed by atoms with van der Waals surface area (Å²) in [5.74, 6) is -0.103. The Hall–Kier alpha value is -1.11. The first-order chi connectivity index (χ1) is 9.63. The molecule has 0 saturated carbocycles. The Morgan fingerprint density at radius 2 is 2.29 bits per heavy atom. The Morgan fingerprint density at radius 1 is 1.48 bits per heavy atom. The molecule has 2 aromatic rings. The standard InChI is InChI=1S/C14H17BrN4O.ClH/c1-8-6-10(4-5-16-8)17-14(20)13-11-7-9(15)2-3-12(11)18-19-13;/h2-3,7-8,10,16H,4-6H2,1H3,(H,17,20)(H,18,19);1H. The number of amides is 1. The molecule has 1 saturated heterocycles. The van der Waals surface area contributed by atoms with Gasteiger partial charge in [0.05, 0.1) is 5.52 Å². The van der Waals surface area contributed by atoms with Gasteiger partial charge in [-0.3, -0.25) is 9.89 Å². The molecule has 1 aromatic carbocycles. The molecule has 5 nitrogen and oxygen atoms in total. The number of carbonyl (C=O) groups is 1. The number of carbonyl (C=O) groups excluding carboxylic acids is 1. The van der Waals surface area contributed by atoms with Crippen LogP contribution in [0.2, 0.25) is 0 Å². The van der Waals surface area contributed by atoms with Crippen LogP contribution in [0.4, 0.5) is 0 Å². The molecule has 2 heterocycles. The Labute approximate surface area is 137 Å². The predicted octanol–water partition coefficient (Wildman–Crippen LogP) is 2.62. The number of benzene rings is 1. The zero-order valence-electron chi connectivity index (χ0n) is 11.6. The van der Waals surface area contributed by atoms with E-state index in [0.29, 0.717) is 11.7 Å². The van der Waals surface area contributed by atoms with Crippen molar-refractivity contribution in [2.45, 2.75) is 31.8 Å². The molecule has 0 spiro atoms. The Bertz CT molecular complexity index is 645. The summed E-state index contributed by atoms with van der Waals surface area (Å²) in [7, 11) is 0. The number of nitrogens with zero attached hydrogens (tertiary/aromatic N) is 1. The van der Waals surface area contributed by atoms with Crippen molar-refractivity contribution in [2.75, 3.05) is 6.54 Å². The first-order valence-corrected chi connectivity index (χ1v) is 7.60. The van der Waals surface area contributed by atoms with Gasteiger partial charge in [-0.2, -0.15) is 5.10 Å². The number of halogens is 2. The van der Waals surface area contributed by atoms with Crippen molar-refractivity contribution < 1.29 is 4.79 Å². The normalized spacial score (nSPS) is 21.8. The lowest BCUT2D eigenvalue weighted by Crippen LogP contribution is -2.46. The van der Waals surface area contributed by atoms with E-state index in [2.05, 4.69) is 43.7 Å². The average Bonchev–Trinajstić information content (AvgIpc) is 2.81. The summed E-state index contributed by atoms with van der Waals surface area (Å²) in [4.78, 5) is 12.4. The molecule has 3 rings (SSSR count). The number of fused-ring (bicyclic) bond motifs is 1. The van der Waals surface area contributed by atoms with Gasteiger partial charge in [0.15, 0.2) is 5.69 Å². The van der Waals surface area contributed by atoms with E-state index in [9.17, 15) is 4.79 Å². The van der Waals surface area contributed by atoms with Crippen molar-refractivity contribution in [2.24, 2.45) is 0 Å². The Morgan fingerprint density at radius 3 is 3.05 bits per heavy atom. The molecular weight excluding hydrogens is 356 g/mol. The molecule has 1 aliphatic heterocycles. The van der Waals surface area contributed by atoms with Crippen LogP contribution >= 0.6 is 28.3 Å². The second-order valence-corrected chi connectivity index (χ2v) is 6.23. The maximum absolute atomic E-state index is 12.4. The van der Waals surface area contributed by atoms with Crippen LogP contribution < -0.4 is 10.6 Å². The molecule has 2 unspecified atom stereocenters. The Kier molecular flexibility index (Phi) is 5.24. The minimum Gasteiger partial charge on any atom is -0.348 e. The van der Waals surface area contributed by atoms with Gasteiger partial charge in [-0.05, 0) is 44.5 Å². The van der Waals surface area contributed by atoms with Crippen LogP contribution in [0.1, 0.15) is 30.3 Å². The molecule has 1 aromatic heterocycles. The van der Waals surface area contributed by atoms with Crippen molar-refractivity contribution in [1.82, 2.24) is 20.8 Å². The summed E-state index contributed by atoms with van der Waals surface area (Å²) in [5, 5.41) is 14.4. The van der Waals surface area contributed by atoms with Crippen molar-refractivity contribution in [3.63, 3.8) is 0 Å². The molecule has 1 aliphatic rings. The fourth-order valence-corrected chi connectivity index (χ4v) is 3.04. The average molecular weight is 374 g/mol. The van der Waals surface area contributed by atoms with Crippen LogP contribution in [-0.2, 0) is 0 Å². The summed E-state index contributed by atoms with van der Waals surface area (Å²) in [6.45, 7) is 3.08. The van der Waals surface area contributed by atoms with Crippen molar-refractivity contribution in [1.29, 1.82) is 0 Å². The largest absolute Gasteiger partial charge is 0.348 e. The number of nitrogens with one attached hydrogen (secondary N) is 3. The van der Waals surface area contributed by atoms with Gasteiger partial charge in [-0.15, -0.1) is 12.4 Å². The highest BCUT2D eigenvalue weighted by atomic mass is 79.9. The van der Waals surface area contributed by atoms with E-state index < -0.39 is 0 Å². The quantitative estimate of drug-likeness (QED) is 0.758. The molecule has 3 N–H and O–H groups in total. The topological polar surface area (TPSA) is 69.8 Å². The number of aromatic nitrogens is 2. The predicted molar refractivity (Wildman–Crippen MR) is 89.0 cm³/mol. The van der Waals surface area contributed by atoms with Crippen molar-refractivity contribution in [3.8, 4) is 0 Å². The molecule has 1 amide bonds. The molecule has 7 heteroatoms. The number of H-pyrrole nitrogens is 1. The van der Waals surface area contributed by atoms with Crippen LogP contribution in [-0.4, -0.2) is 34.7 Å². The van der Waals surface area contributed by atoms with Gasteiger partial charge in [-0.25, -0.2) is 0 Å². The third kappa shape index (κ3) is 3.56. The first-order valence-electron chi connectivity index (χ1n) is 6.81. The van der Waals surface area contributed by atoms with Gasteiger partial charge in [0.2, 0.25) is 0 Å². The molecule has 1 fully saturated rings. The van der Waals surface area contributed by atoms with Crippen LogP contribution in [0, 0.1) is 0 Å². The van der Waals surface area contributed by atoms with Gasteiger partial charge in [0.1, 0.15) is 0 Å². The van der Waals surface area contributed by atoms with E-state index in [-0.39, 0.29) is 24.4 Å². The summed E-state index contributed by atoms with van der Waals surface area (Å²) in [6, 6.07) is 6.42. The summed E-state index contributed by atoms with van der Waals surface area (Å²) >= 11 is 3.43. The number of aromatic amines is 1. The van der Waals surface area contributed by atoms with E-state index in [4.69, 9.17) is 0 Å². The fourth-order valence-electron chi connectivity index (χ4n) is 2.68. The molecule has 2 atom stereocenters. The second-order valence-electron chi connectivity index (χ2n) is 5.31. The van der Waals surface area contributed by atoms with Crippen LogP contribution in [0.3, 0.4) is 0 Å². The third-order valence-electron chi connectivity index (χ3n) is 3.70. The SMILES string of the molecule is CC1CC(NC(=O)c2n[nH]c3ccc(Br)cc23)CCN1.Cl. The second kappa shape index (κ2) is 6.77. The van der Waals surface area contributed by atoms with Crippen molar-refractivity contribution in [3.05, 3.63) is 28.4 Å². The Balaban J connectivity index is 0.00000161. The summed E-state index contributed by atoms with van der Waals surface area (Å²) < 4.78 is 0.941. The number of hydrogen-bond donors (Lipinski definition) is 3. The maximum Gasteiger partial charge on any atom is 0.272 e. The lowest BCUT2D eigenvalue weighted by Gasteiger charge is -2.28. The summed E-state index contributed by atoms with van der Waals surface area (Å²) in [6.07, 6.45) is 1.92. The number of piperidine rings is 1. The van der Waals surface area contributed by atoms with Gasteiger partial charge < -0.3 is 10.6 Å². The fraction of sp³-hybridized carbons (Fsp3) is 0.429. The number of hydrogen-bond acceptors (Lipinski definition) is 3. The van der Waals surface area contributed by atoms with Gasteiger partial charge in [0.25, 0.3) is 5.91 Å². The van der Waals surface area contributed by atoms with E-state index in [1.54, 1.807) is 0 Å². The molecular formula is C14H18BrClN4O. The smallest absolute Gasteiger partial charge is 0.272 e. The zero-order chi connectivity index (χ0) is 14.1.